The number of nitrogens with zero attached hydrogens (tertiary/aromatic N) is 2. The van der Waals surface area contributed by atoms with Gasteiger partial charge in [0.05, 0.1) is 4.92 Å². The van der Waals surface area contributed by atoms with Gasteiger partial charge in [0.1, 0.15) is 6.54 Å². The van der Waals surface area contributed by atoms with Gasteiger partial charge in [-0.3, -0.25) is 19.7 Å². The Morgan fingerprint density at radius 3 is 2.30 bits per heavy atom. The Kier molecular flexibility index (Phi) is 6.20. The molecule has 0 radical (unpaired) electrons. The van der Waals surface area contributed by atoms with Gasteiger partial charge in [-0.1, -0.05) is 45.9 Å². The molecule has 0 unspecified atom stereocenters. The molecule has 3 rings (SSSR count). The highest BCUT2D eigenvalue weighted by atomic mass is 16.6. The highest BCUT2D eigenvalue weighted by Gasteiger charge is 2.28. The van der Waals surface area contributed by atoms with E-state index in [0.29, 0.717) is 17.7 Å². The third-order valence-electron chi connectivity index (χ3n) is 5.41. The van der Waals surface area contributed by atoms with Crippen molar-refractivity contribution in [3.63, 3.8) is 0 Å². The van der Waals surface area contributed by atoms with Crippen molar-refractivity contribution in [3.8, 4) is 0 Å². The molecule has 1 N–H and O–H groups in total. The number of anilines is 2. The zero-order chi connectivity index (χ0) is 22.0. The monoisotopic (exact) mass is 409 g/mol. The van der Waals surface area contributed by atoms with Gasteiger partial charge in [0.2, 0.25) is 11.8 Å². The van der Waals surface area contributed by atoms with E-state index in [1.54, 1.807) is 6.07 Å². The van der Waals surface area contributed by atoms with Crippen LogP contribution in [0.4, 0.5) is 17.1 Å². The molecular formula is C23H27N3O4. The van der Waals surface area contributed by atoms with E-state index < -0.39 is 4.92 Å². The van der Waals surface area contributed by atoms with Crippen LogP contribution in [0, 0.1) is 10.1 Å². The van der Waals surface area contributed by atoms with Crippen molar-refractivity contribution in [1.82, 2.24) is 0 Å². The molecule has 7 heteroatoms. The normalized spacial score (nSPS) is 13.5. The van der Waals surface area contributed by atoms with E-state index in [1.165, 1.54) is 17.0 Å². The van der Waals surface area contributed by atoms with E-state index in [9.17, 15) is 19.7 Å². The Morgan fingerprint density at radius 1 is 1.10 bits per heavy atom. The van der Waals surface area contributed by atoms with E-state index in [1.807, 2.05) is 18.2 Å². The summed E-state index contributed by atoms with van der Waals surface area (Å²) in [5.74, 6) is 0.0195. The number of hydrogen-bond acceptors (Lipinski definition) is 4. The van der Waals surface area contributed by atoms with Crippen LogP contribution in [0.15, 0.2) is 36.4 Å². The highest BCUT2D eigenvalue weighted by Crippen LogP contribution is 2.33. The second-order valence-corrected chi connectivity index (χ2v) is 8.22. The number of carbonyl (C=O) groups excluding carboxylic acids is 2. The van der Waals surface area contributed by atoms with Crippen molar-refractivity contribution in [3.05, 3.63) is 63.2 Å². The molecule has 0 saturated carbocycles. The number of aryl methyl sites for hydroxylation is 1. The zero-order valence-corrected chi connectivity index (χ0v) is 17.8. The van der Waals surface area contributed by atoms with Crippen LogP contribution >= 0.6 is 0 Å². The molecule has 30 heavy (non-hydrogen) atoms. The van der Waals surface area contributed by atoms with Gasteiger partial charge in [0.15, 0.2) is 0 Å². The minimum atomic E-state index is -0.454. The molecule has 2 aromatic rings. The lowest BCUT2D eigenvalue weighted by Gasteiger charge is -2.29. The number of amides is 2. The van der Waals surface area contributed by atoms with Crippen molar-refractivity contribution in [2.45, 2.75) is 52.4 Å². The molecular weight excluding hydrogens is 382 g/mol. The number of para-hydroxylation sites is 1. The van der Waals surface area contributed by atoms with Gasteiger partial charge in [-0.25, -0.2) is 0 Å². The summed E-state index contributed by atoms with van der Waals surface area (Å²) in [7, 11) is 0. The van der Waals surface area contributed by atoms with Crippen LogP contribution < -0.4 is 10.2 Å². The maximum absolute atomic E-state index is 12.9. The van der Waals surface area contributed by atoms with E-state index in [4.69, 9.17) is 0 Å². The molecule has 158 valence electrons. The average Bonchev–Trinajstić information content (AvgIpc) is 2.69. The summed E-state index contributed by atoms with van der Waals surface area (Å²) in [6.45, 7) is 8.17. The number of rotatable bonds is 6. The van der Waals surface area contributed by atoms with Crippen LogP contribution in [0.2, 0.25) is 0 Å². The number of nitrogens with one attached hydrogen (secondary N) is 1. The first kappa shape index (κ1) is 21.5. The molecule has 0 aromatic heterocycles. The Balaban J connectivity index is 1.88. The van der Waals surface area contributed by atoms with Crippen molar-refractivity contribution in [2.75, 3.05) is 16.8 Å². The second-order valence-electron chi connectivity index (χ2n) is 8.22. The van der Waals surface area contributed by atoms with Crippen molar-refractivity contribution >= 4 is 28.9 Å². The fraction of sp³-hybridized carbons (Fsp3) is 0.391. The maximum atomic E-state index is 12.9. The number of nitro groups is 1. The predicted octanol–water partition coefficient (Wildman–Crippen LogP) is 4.76. The third-order valence-corrected chi connectivity index (χ3v) is 5.41. The Hall–Kier alpha value is -3.22. The lowest BCUT2D eigenvalue weighted by Crippen LogP contribution is -2.41. The standard InChI is InChI=1S/C23H27N3O4/c1-14(2)18-6-5-7-19(15(3)4)23(18)24-21(27)13-25-20-10-9-17(26(29)30)12-16(20)8-11-22(25)28/h5-7,9-10,12,14-15H,8,11,13H2,1-4H3,(H,24,27). The Morgan fingerprint density at radius 2 is 1.73 bits per heavy atom. The molecule has 7 nitrogen and oxygen atoms in total. The largest absolute Gasteiger partial charge is 0.324 e. The molecule has 2 aromatic carbocycles. The maximum Gasteiger partial charge on any atom is 0.269 e. The van der Waals surface area contributed by atoms with E-state index in [-0.39, 0.29) is 42.3 Å². The summed E-state index contributed by atoms with van der Waals surface area (Å²) in [6, 6.07) is 10.4. The van der Waals surface area contributed by atoms with Gasteiger partial charge in [-0.05, 0) is 41.0 Å². The van der Waals surface area contributed by atoms with Gasteiger partial charge in [-0.15, -0.1) is 0 Å². The number of carbonyl (C=O) groups is 2. The number of benzene rings is 2. The SMILES string of the molecule is CC(C)c1cccc(C(C)C)c1NC(=O)CN1C(=O)CCc2cc([N+](=O)[O-])ccc21. The van der Waals surface area contributed by atoms with Crippen LogP contribution in [-0.2, 0) is 16.0 Å². The van der Waals surface area contributed by atoms with Crippen LogP contribution in [-0.4, -0.2) is 23.3 Å². The van der Waals surface area contributed by atoms with Crippen molar-refractivity contribution in [2.24, 2.45) is 0 Å². The zero-order valence-electron chi connectivity index (χ0n) is 17.8. The molecule has 1 aliphatic rings. The highest BCUT2D eigenvalue weighted by molar-refractivity contribution is 6.04. The number of non-ortho nitro benzene ring substituents is 1. The molecule has 1 aliphatic heterocycles. The summed E-state index contributed by atoms with van der Waals surface area (Å²) >= 11 is 0. The second kappa shape index (κ2) is 8.65. The third kappa shape index (κ3) is 4.35. The van der Waals surface area contributed by atoms with E-state index in [2.05, 4.69) is 33.0 Å². The summed E-state index contributed by atoms with van der Waals surface area (Å²) in [6.07, 6.45) is 0.656. The van der Waals surface area contributed by atoms with Gasteiger partial charge >= 0.3 is 0 Å². The lowest BCUT2D eigenvalue weighted by atomic mass is 9.92. The summed E-state index contributed by atoms with van der Waals surface area (Å²) in [5, 5.41) is 14.1. The molecule has 2 amide bonds. The lowest BCUT2D eigenvalue weighted by molar-refractivity contribution is -0.384. The number of hydrogen-bond donors (Lipinski definition) is 1. The average molecular weight is 409 g/mol. The van der Waals surface area contributed by atoms with Gasteiger partial charge < -0.3 is 10.2 Å². The van der Waals surface area contributed by atoms with Crippen LogP contribution in [0.3, 0.4) is 0 Å². The Bertz CT molecular complexity index is 972. The van der Waals surface area contributed by atoms with Crippen molar-refractivity contribution < 1.29 is 14.5 Å². The van der Waals surface area contributed by atoms with E-state index in [0.717, 1.165) is 16.8 Å². The molecule has 0 fully saturated rings. The molecule has 0 spiro atoms. The summed E-state index contributed by atoms with van der Waals surface area (Å²) in [4.78, 5) is 37.5. The van der Waals surface area contributed by atoms with Gasteiger partial charge in [-0.2, -0.15) is 0 Å². The smallest absolute Gasteiger partial charge is 0.269 e. The summed E-state index contributed by atoms with van der Waals surface area (Å²) in [5.41, 5.74) is 4.17. The summed E-state index contributed by atoms with van der Waals surface area (Å²) < 4.78 is 0. The molecule has 0 bridgehead atoms. The number of nitro benzene ring substituents is 1. The molecule has 1 heterocycles. The van der Waals surface area contributed by atoms with Crippen LogP contribution in [0.25, 0.3) is 0 Å². The molecule has 0 aliphatic carbocycles. The molecule has 0 atom stereocenters. The molecule has 0 saturated heterocycles. The van der Waals surface area contributed by atoms with E-state index >= 15 is 0 Å². The first-order valence-corrected chi connectivity index (χ1v) is 10.2. The minimum absolute atomic E-state index is 0.0139. The first-order chi connectivity index (χ1) is 14.2. The van der Waals surface area contributed by atoms with Gasteiger partial charge in [0.25, 0.3) is 5.69 Å². The first-order valence-electron chi connectivity index (χ1n) is 10.2. The van der Waals surface area contributed by atoms with Crippen LogP contribution in [0.5, 0.6) is 0 Å². The van der Waals surface area contributed by atoms with Gasteiger partial charge in [0, 0.05) is 29.9 Å². The Labute approximate surface area is 176 Å². The van der Waals surface area contributed by atoms with Crippen LogP contribution in [0.1, 0.15) is 62.6 Å². The minimum Gasteiger partial charge on any atom is -0.324 e. The predicted molar refractivity (Wildman–Crippen MR) is 117 cm³/mol. The fourth-order valence-electron chi connectivity index (χ4n) is 3.85. The number of fused-ring (bicyclic) bond motifs is 1. The quantitative estimate of drug-likeness (QED) is 0.550. The topological polar surface area (TPSA) is 92.6 Å². The van der Waals surface area contributed by atoms with Crippen molar-refractivity contribution in [1.29, 1.82) is 0 Å². The fourth-order valence-corrected chi connectivity index (χ4v) is 3.85.